The summed E-state index contributed by atoms with van der Waals surface area (Å²) in [7, 11) is 2.03. The van der Waals surface area contributed by atoms with Crippen LogP contribution in [0.3, 0.4) is 0 Å². The lowest BCUT2D eigenvalue weighted by molar-refractivity contribution is 0.171. The first-order valence-corrected chi connectivity index (χ1v) is 7.19. The normalized spacial score (nSPS) is 18.9. The standard InChI is InChI=1S/C14H26N4O/c1-14(2,3)13-16-12(17-19-13)10-18-7-5-11(6-8-18)9-15-4/h11,15H,5-10H2,1-4H3. The molecule has 0 saturated carbocycles. The molecular weight excluding hydrogens is 240 g/mol. The average molecular weight is 266 g/mol. The van der Waals surface area contributed by atoms with E-state index in [0.29, 0.717) is 0 Å². The summed E-state index contributed by atoms with van der Waals surface area (Å²) in [5.41, 5.74) is -0.0644. The molecule has 0 bridgehead atoms. The minimum atomic E-state index is -0.0644. The Hall–Kier alpha value is -0.940. The highest BCUT2D eigenvalue weighted by atomic mass is 16.5. The molecule has 1 N–H and O–H groups in total. The number of hydrogen-bond acceptors (Lipinski definition) is 5. The molecule has 5 heteroatoms. The average Bonchev–Trinajstić information content (AvgIpc) is 2.80. The zero-order valence-corrected chi connectivity index (χ0v) is 12.6. The summed E-state index contributed by atoms with van der Waals surface area (Å²) in [5, 5.41) is 7.36. The van der Waals surface area contributed by atoms with Gasteiger partial charge in [-0.15, -0.1) is 0 Å². The number of piperidine rings is 1. The Bertz CT molecular complexity index is 388. The lowest BCUT2D eigenvalue weighted by Crippen LogP contribution is -2.36. The van der Waals surface area contributed by atoms with Crippen molar-refractivity contribution in [2.75, 3.05) is 26.7 Å². The highest BCUT2D eigenvalue weighted by molar-refractivity contribution is 4.98. The smallest absolute Gasteiger partial charge is 0.232 e. The first-order valence-electron chi connectivity index (χ1n) is 7.19. The van der Waals surface area contributed by atoms with Gasteiger partial charge in [-0.25, -0.2) is 0 Å². The molecule has 1 aliphatic rings. The van der Waals surface area contributed by atoms with E-state index in [1.54, 1.807) is 0 Å². The highest BCUT2D eigenvalue weighted by Crippen LogP contribution is 2.21. The minimum Gasteiger partial charge on any atom is -0.339 e. The predicted molar refractivity (Wildman–Crippen MR) is 74.9 cm³/mol. The maximum atomic E-state index is 5.33. The Morgan fingerprint density at radius 3 is 2.53 bits per heavy atom. The zero-order chi connectivity index (χ0) is 13.9. The summed E-state index contributed by atoms with van der Waals surface area (Å²) in [6.07, 6.45) is 2.51. The van der Waals surface area contributed by atoms with Crippen LogP contribution in [0.5, 0.6) is 0 Å². The van der Waals surface area contributed by atoms with Crippen LogP contribution in [0.25, 0.3) is 0 Å². The summed E-state index contributed by atoms with van der Waals surface area (Å²) in [6.45, 7) is 10.5. The Morgan fingerprint density at radius 1 is 1.32 bits per heavy atom. The summed E-state index contributed by atoms with van der Waals surface area (Å²) in [6, 6.07) is 0. The number of rotatable bonds is 4. The Kier molecular flexibility index (Phi) is 4.58. The van der Waals surface area contributed by atoms with E-state index >= 15 is 0 Å². The third kappa shape index (κ3) is 4.01. The van der Waals surface area contributed by atoms with E-state index in [-0.39, 0.29) is 5.41 Å². The van der Waals surface area contributed by atoms with Crippen molar-refractivity contribution in [3.8, 4) is 0 Å². The molecule has 2 rings (SSSR count). The van der Waals surface area contributed by atoms with E-state index in [1.807, 2.05) is 7.05 Å². The lowest BCUT2D eigenvalue weighted by atomic mass is 9.96. The Morgan fingerprint density at radius 2 is 2.00 bits per heavy atom. The zero-order valence-electron chi connectivity index (χ0n) is 12.6. The SMILES string of the molecule is CNCC1CCN(Cc2noc(C(C)(C)C)n2)CC1. The van der Waals surface area contributed by atoms with Crippen LogP contribution in [0.2, 0.25) is 0 Å². The second-order valence-corrected chi connectivity index (χ2v) is 6.54. The van der Waals surface area contributed by atoms with Gasteiger partial charge in [-0.1, -0.05) is 25.9 Å². The second-order valence-electron chi connectivity index (χ2n) is 6.54. The van der Waals surface area contributed by atoms with Crippen LogP contribution in [0.15, 0.2) is 4.52 Å². The third-order valence-corrected chi connectivity index (χ3v) is 3.67. The number of nitrogens with one attached hydrogen (secondary N) is 1. The number of aromatic nitrogens is 2. The highest BCUT2D eigenvalue weighted by Gasteiger charge is 2.24. The topological polar surface area (TPSA) is 54.2 Å². The van der Waals surface area contributed by atoms with Gasteiger partial charge < -0.3 is 9.84 Å². The van der Waals surface area contributed by atoms with Crippen LogP contribution < -0.4 is 5.32 Å². The van der Waals surface area contributed by atoms with Crippen LogP contribution >= 0.6 is 0 Å². The van der Waals surface area contributed by atoms with Crippen LogP contribution in [0.4, 0.5) is 0 Å². The Labute approximate surface area is 115 Å². The van der Waals surface area contributed by atoms with Crippen molar-refractivity contribution in [2.24, 2.45) is 5.92 Å². The van der Waals surface area contributed by atoms with Crippen LogP contribution in [0.1, 0.15) is 45.3 Å². The quantitative estimate of drug-likeness (QED) is 0.900. The minimum absolute atomic E-state index is 0.0644. The van der Waals surface area contributed by atoms with Crippen molar-refractivity contribution >= 4 is 0 Å². The maximum absolute atomic E-state index is 5.33. The summed E-state index contributed by atoms with van der Waals surface area (Å²) >= 11 is 0. The molecule has 0 unspecified atom stereocenters. The Balaban J connectivity index is 1.84. The molecular formula is C14H26N4O. The molecule has 1 saturated heterocycles. The summed E-state index contributed by atoms with van der Waals surface area (Å²) in [5.74, 6) is 2.36. The predicted octanol–water partition coefficient (Wildman–Crippen LogP) is 1.80. The largest absolute Gasteiger partial charge is 0.339 e. The third-order valence-electron chi connectivity index (χ3n) is 3.67. The van der Waals surface area contributed by atoms with Crippen LogP contribution in [0, 0.1) is 5.92 Å². The fraction of sp³-hybridized carbons (Fsp3) is 0.857. The molecule has 0 atom stereocenters. The molecule has 1 fully saturated rings. The monoisotopic (exact) mass is 266 g/mol. The van der Waals surface area contributed by atoms with Crippen molar-refractivity contribution in [1.29, 1.82) is 0 Å². The maximum Gasteiger partial charge on any atom is 0.232 e. The van der Waals surface area contributed by atoms with Crippen molar-refractivity contribution in [1.82, 2.24) is 20.4 Å². The van der Waals surface area contributed by atoms with Gasteiger partial charge in [0.15, 0.2) is 5.82 Å². The van der Waals surface area contributed by atoms with Gasteiger partial charge >= 0.3 is 0 Å². The lowest BCUT2D eigenvalue weighted by Gasteiger charge is -2.30. The molecule has 0 aromatic carbocycles. The molecule has 0 aliphatic carbocycles. The molecule has 1 aromatic heterocycles. The van der Waals surface area contributed by atoms with E-state index in [9.17, 15) is 0 Å². The molecule has 0 spiro atoms. The second kappa shape index (κ2) is 6.01. The van der Waals surface area contributed by atoms with E-state index in [2.05, 4.69) is 41.1 Å². The molecule has 0 amide bonds. The van der Waals surface area contributed by atoms with Gasteiger partial charge in [0.05, 0.1) is 6.54 Å². The van der Waals surface area contributed by atoms with E-state index in [4.69, 9.17) is 4.52 Å². The number of likely N-dealkylation sites (tertiary alicyclic amines) is 1. The van der Waals surface area contributed by atoms with Gasteiger partial charge in [0.1, 0.15) is 0 Å². The van der Waals surface area contributed by atoms with Crippen LogP contribution in [-0.4, -0.2) is 41.7 Å². The molecule has 19 heavy (non-hydrogen) atoms. The van der Waals surface area contributed by atoms with Gasteiger partial charge in [0.25, 0.3) is 0 Å². The molecule has 2 heterocycles. The van der Waals surface area contributed by atoms with Crippen molar-refractivity contribution in [2.45, 2.75) is 45.6 Å². The van der Waals surface area contributed by atoms with Crippen molar-refractivity contribution in [3.05, 3.63) is 11.7 Å². The number of hydrogen-bond donors (Lipinski definition) is 1. The first kappa shape index (κ1) is 14.5. The van der Waals surface area contributed by atoms with Crippen molar-refractivity contribution < 1.29 is 4.52 Å². The first-order chi connectivity index (χ1) is 8.99. The van der Waals surface area contributed by atoms with E-state index < -0.39 is 0 Å². The van der Waals surface area contributed by atoms with Gasteiger partial charge in [-0.05, 0) is 45.4 Å². The number of nitrogens with zero attached hydrogens (tertiary/aromatic N) is 3. The van der Waals surface area contributed by atoms with Crippen molar-refractivity contribution in [3.63, 3.8) is 0 Å². The van der Waals surface area contributed by atoms with Gasteiger partial charge in [0, 0.05) is 5.41 Å². The summed E-state index contributed by atoms with van der Waals surface area (Å²) < 4.78 is 5.33. The summed E-state index contributed by atoms with van der Waals surface area (Å²) in [4.78, 5) is 6.92. The van der Waals surface area contributed by atoms with Gasteiger partial charge in [-0.3, -0.25) is 4.90 Å². The fourth-order valence-electron chi connectivity index (χ4n) is 2.46. The fourth-order valence-corrected chi connectivity index (χ4v) is 2.46. The van der Waals surface area contributed by atoms with E-state index in [1.165, 1.54) is 12.8 Å². The van der Waals surface area contributed by atoms with Crippen LogP contribution in [-0.2, 0) is 12.0 Å². The molecule has 108 valence electrons. The van der Waals surface area contributed by atoms with Gasteiger partial charge in [-0.2, -0.15) is 4.98 Å². The molecule has 0 radical (unpaired) electrons. The molecule has 1 aliphatic heterocycles. The van der Waals surface area contributed by atoms with Gasteiger partial charge in [0.2, 0.25) is 5.89 Å². The van der Waals surface area contributed by atoms with E-state index in [0.717, 1.165) is 43.8 Å². The molecule has 5 nitrogen and oxygen atoms in total. The molecule has 1 aromatic rings.